The van der Waals surface area contributed by atoms with Gasteiger partial charge in [0.1, 0.15) is 0 Å². The van der Waals surface area contributed by atoms with E-state index >= 15 is 0 Å². The number of piperazine rings is 1. The average Bonchev–Trinajstić information content (AvgIpc) is 2.15. The van der Waals surface area contributed by atoms with Gasteiger partial charge in [0, 0.05) is 26.2 Å². The van der Waals surface area contributed by atoms with Crippen molar-refractivity contribution in [1.82, 2.24) is 9.80 Å². The molecule has 0 bridgehead atoms. The van der Waals surface area contributed by atoms with Crippen LogP contribution in [0.1, 0.15) is 6.92 Å². The molecule has 17 heavy (non-hydrogen) atoms. The van der Waals surface area contributed by atoms with E-state index in [2.05, 4.69) is 0 Å². The van der Waals surface area contributed by atoms with Gasteiger partial charge in [-0.25, -0.2) is 0 Å². The SMILES string of the molecule is CC(N)C(=O)N1CCN(CC(F)(F)F)CC1.Cl. The van der Waals surface area contributed by atoms with Gasteiger partial charge in [-0.3, -0.25) is 9.69 Å². The van der Waals surface area contributed by atoms with Gasteiger partial charge in [-0.2, -0.15) is 13.2 Å². The Balaban J connectivity index is 0.00000256. The van der Waals surface area contributed by atoms with Crippen LogP contribution < -0.4 is 5.73 Å². The van der Waals surface area contributed by atoms with Crippen molar-refractivity contribution >= 4 is 18.3 Å². The Labute approximate surface area is 104 Å². The Kier molecular flexibility index (Phi) is 6.22. The van der Waals surface area contributed by atoms with E-state index in [0.717, 1.165) is 0 Å². The zero-order chi connectivity index (χ0) is 12.3. The van der Waals surface area contributed by atoms with E-state index in [1.807, 2.05) is 0 Å². The molecule has 0 saturated carbocycles. The normalized spacial score (nSPS) is 19.7. The van der Waals surface area contributed by atoms with Gasteiger partial charge in [0.25, 0.3) is 0 Å². The number of carbonyl (C=O) groups is 1. The number of hydrogen-bond acceptors (Lipinski definition) is 3. The molecule has 8 heteroatoms. The standard InChI is InChI=1S/C9H16F3N3O.ClH/c1-7(13)8(16)15-4-2-14(3-5-15)6-9(10,11)12;/h7H,2-6,13H2,1H3;1H. The summed E-state index contributed by atoms with van der Waals surface area (Å²) in [7, 11) is 0. The molecule has 0 radical (unpaired) electrons. The van der Waals surface area contributed by atoms with E-state index < -0.39 is 18.8 Å². The van der Waals surface area contributed by atoms with Crippen LogP contribution in [-0.4, -0.2) is 60.6 Å². The van der Waals surface area contributed by atoms with Crippen LogP contribution in [0.3, 0.4) is 0 Å². The lowest BCUT2D eigenvalue weighted by atomic mass is 10.2. The summed E-state index contributed by atoms with van der Waals surface area (Å²) in [5, 5.41) is 0. The first kappa shape index (κ1) is 16.5. The Bertz CT molecular complexity index is 252. The van der Waals surface area contributed by atoms with Crippen LogP contribution in [0.15, 0.2) is 0 Å². The van der Waals surface area contributed by atoms with Crippen LogP contribution in [-0.2, 0) is 4.79 Å². The molecule has 0 spiro atoms. The van der Waals surface area contributed by atoms with Gasteiger partial charge in [0.05, 0.1) is 12.6 Å². The van der Waals surface area contributed by atoms with E-state index in [1.165, 1.54) is 9.80 Å². The molecule has 2 N–H and O–H groups in total. The smallest absolute Gasteiger partial charge is 0.339 e. The largest absolute Gasteiger partial charge is 0.401 e. The maximum atomic E-state index is 12.1. The highest BCUT2D eigenvalue weighted by Crippen LogP contribution is 2.17. The summed E-state index contributed by atoms with van der Waals surface area (Å²) in [6.07, 6.45) is -4.17. The molecule has 1 unspecified atom stereocenters. The average molecular weight is 276 g/mol. The lowest BCUT2D eigenvalue weighted by Crippen LogP contribution is -2.53. The molecule has 102 valence electrons. The summed E-state index contributed by atoms with van der Waals surface area (Å²) in [5.74, 6) is -0.202. The molecule has 1 saturated heterocycles. The van der Waals surface area contributed by atoms with Crippen molar-refractivity contribution in [2.24, 2.45) is 5.73 Å². The number of carbonyl (C=O) groups excluding carboxylic acids is 1. The minimum atomic E-state index is -4.17. The second kappa shape index (κ2) is 6.42. The van der Waals surface area contributed by atoms with Crippen LogP contribution in [0.2, 0.25) is 0 Å². The fraction of sp³-hybridized carbons (Fsp3) is 0.889. The minimum Gasteiger partial charge on any atom is -0.339 e. The van der Waals surface area contributed by atoms with Crippen molar-refractivity contribution in [2.45, 2.75) is 19.1 Å². The molecule has 1 amide bonds. The molecule has 1 aliphatic heterocycles. The zero-order valence-corrected chi connectivity index (χ0v) is 10.4. The highest BCUT2D eigenvalue weighted by molar-refractivity contribution is 5.85. The lowest BCUT2D eigenvalue weighted by molar-refractivity contribution is -0.152. The molecule has 0 aromatic rings. The van der Waals surface area contributed by atoms with Crippen LogP contribution in [0.4, 0.5) is 13.2 Å². The van der Waals surface area contributed by atoms with Crippen molar-refractivity contribution in [3.8, 4) is 0 Å². The van der Waals surface area contributed by atoms with Gasteiger partial charge in [0.15, 0.2) is 0 Å². The molecule has 1 aliphatic rings. The lowest BCUT2D eigenvalue weighted by Gasteiger charge is -2.35. The third kappa shape index (κ3) is 5.56. The maximum Gasteiger partial charge on any atom is 0.401 e. The third-order valence-electron chi connectivity index (χ3n) is 2.48. The van der Waals surface area contributed by atoms with Gasteiger partial charge in [-0.1, -0.05) is 0 Å². The molecular formula is C9H17ClF3N3O. The number of hydrogen-bond donors (Lipinski definition) is 1. The Morgan fingerprint density at radius 3 is 2.12 bits per heavy atom. The second-order valence-electron chi connectivity index (χ2n) is 4.01. The highest BCUT2D eigenvalue weighted by Gasteiger charge is 2.33. The van der Waals surface area contributed by atoms with Gasteiger partial charge < -0.3 is 10.6 Å². The summed E-state index contributed by atoms with van der Waals surface area (Å²) in [4.78, 5) is 14.3. The fourth-order valence-electron chi connectivity index (χ4n) is 1.67. The number of amides is 1. The zero-order valence-electron chi connectivity index (χ0n) is 9.54. The van der Waals surface area contributed by atoms with Crippen molar-refractivity contribution in [3.05, 3.63) is 0 Å². The van der Waals surface area contributed by atoms with Gasteiger partial charge in [0.2, 0.25) is 5.91 Å². The van der Waals surface area contributed by atoms with Crippen LogP contribution >= 0.6 is 12.4 Å². The van der Waals surface area contributed by atoms with E-state index in [9.17, 15) is 18.0 Å². The molecule has 4 nitrogen and oxygen atoms in total. The summed E-state index contributed by atoms with van der Waals surface area (Å²) in [5.41, 5.74) is 5.42. The van der Waals surface area contributed by atoms with E-state index in [1.54, 1.807) is 6.92 Å². The summed E-state index contributed by atoms with van der Waals surface area (Å²) in [6, 6.07) is -0.589. The predicted molar refractivity (Wildman–Crippen MR) is 60.0 cm³/mol. The summed E-state index contributed by atoms with van der Waals surface area (Å²) < 4.78 is 36.2. The number of nitrogens with zero attached hydrogens (tertiary/aromatic N) is 2. The van der Waals surface area contributed by atoms with Crippen molar-refractivity contribution in [2.75, 3.05) is 32.7 Å². The topological polar surface area (TPSA) is 49.6 Å². The minimum absolute atomic E-state index is 0. The van der Waals surface area contributed by atoms with Crippen LogP contribution in [0.25, 0.3) is 0 Å². The van der Waals surface area contributed by atoms with Crippen molar-refractivity contribution in [3.63, 3.8) is 0 Å². The highest BCUT2D eigenvalue weighted by atomic mass is 35.5. The third-order valence-corrected chi connectivity index (χ3v) is 2.48. The van der Waals surface area contributed by atoms with E-state index in [0.29, 0.717) is 13.1 Å². The Morgan fingerprint density at radius 2 is 1.76 bits per heavy atom. The molecule has 1 heterocycles. The molecule has 0 aromatic carbocycles. The number of alkyl halides is 3. The number of halogens is 4. The first-order chi connectivity index (χ1) is 7.29. The molecule has 1 rings (SSSR count). The van der Waals surface area contributed by atoms with Gasteiger partial charge in [-0.05, 0) is 6.92 Å². The molecule has 1 atom stereocenters. The maximum absolute atomic E-state index is 12.1. The van der Waals surface area contributed by atoms with Crippen LogP contribution in [0.5, 0.6) is 0 Å². The predicted octanol–water partition coefficient (Wildman–Crippen LogP) is 0.462. The van der Waals surface area contributed by atoms with Crippen molar-refractivity contribution < 1.29 is 18.0 Å². The fourth-order valence-corrected chi connectivity index (χ4v) is 1.67. The first-order valence-electron chi connectivity index (χ1n) is 5.13. The Morgan fingerprint density at radius 1 is 1.29 bits per heavy atom. The quantitative estimate of drug-likeness (QED) is 0.797. The first-order valence-corrected chi connectivity index (χ1v) is 5.13. The summed E-state index contributed by atoms with van der Waals surface area (Å²) >= 11 is 0. The molecule has 1 fully saturated rings. The molecule has 0 aromatic heterocycles. The Hall–Kier alpha value is -0.530. The monoisotopic (exact) mass is 275 g/mol. The van der Waals surface area contributed by atoms with Crippen LogP contribution in [0, 0.1) is 0 Å². The second-order valence-corrected chi connectivity index (χ2v) is 4.01. The van der Waals surface area contributed by atoms with E-state index in [4.69, 9.17) is 5.73 Å². The molecule has 0 aliphatic carbocycles. The van der Waals surface area contributed by atoms with Crippen molar-refractivity contribution in [1.29, 1.82) is 0 Å². The summed E-state index contributed by atoms with van der Waals surface area (Å²) in [6.45, 7) is 1.79. The molecular weight excluding hydrogens is 259 g/mol. The number of rotatable bonds is 2. The van der Waals surface area contributed by atoms with Gasteiger partial charge >= 0.3 is 6.18 Å². The van der Waals surface area contributed by atoms with Gasteiger partial charge in [-0.15, -0.1) is 12.4 Å². The van der Waals surface area contributed by atoms with E-state index in [-0.39, 0.29) is 31.4 Å². The number of nitrogens with two attached hydrogens (primary N) is 1.